The molecule has 1 fully saturated rings. The molecule has 0 aromatic heterocycles. The van der Waals surface area contributed by atoms with E-state index in [9.17, 15) is 4.39 Å². The molecule has 2 unspecified atom stereocenters. The van der Waals surface area contributed by atoms with Gasteiger partial charge in [-0.05, 0) is 44.5 Å². The fraction of sp³-hybridized carbons (Fsp3) is 0.600. The molecule has 0 spiro atoms. The first kappa shape index (κ1) is 13.5. The summed E-state index contributed by atoms with van der Waals surface area (Å²) in [5.74, 6) is -0.182. The van der Waals surface area contributed by atoms with Crippen molar-refractivity contribution in [3.05, 3.63) is 35.6 Å². The van der Waals surface area contributed by atoms with Crippen LogP contribution in [0, 0.1) is 5.82 Å². The van der Waals surface area contributed by atoms with Crippen LogP contribution in [-0.4, -0.2) is 24.0 Å². The summed E-state index contributed by atoms with van der Waals surface area (Å²) in [7, 11) is 2.12. The van der Waals surface area contributed by atoms with Gasteiger partial charge in [0.1, 0.15) is 5.82 Å². The molecule has 2 nitrogen and oxygen atoms in total. The zero-order valence-corrected chi connectivity index (χ0v) is 11.3. The van der Waals surface area contributed by atoms with E-state index in [1.54, 1.807) is 12.1 Å². The summed E-state index contributed by atoms with van der Waals surface area (Å²) in [6.07, 6.45) is 5.05. The van der Waals surface area contributed by atoms with Crippen molar-refractivity contribution in [2.24, 2.45) is 5.73 Å². The van der Waals surface area contributed by atoms with E-state index in [0.29, 0.717) is 6.04 Å². The smallest absolute Gasteiger partial charge is 0.123 e. The Morgan fingerprint density at radius 1 is 1.33 bits per heavy atom. The minimum atomic E-state index is -0.182. The van der Waals surface area contributed by atoms with Gasteiger partial charge in [-0.15, -0.1) is 0 Å². The lowest BCUT2D eigenvalue weighted by Crippen LogP contribution is -2.41. The molecule has 2 N–H and O–H groups in total. The molecule has 1 saturated carbocycles. The number of benzene rings is 1. The van der Waals surface area contributed by atoms with Crippen LogP contribution in [0.5, 0.6) is 0 Å². The highest BCUT2D eigenvalue weighted by Gasteiger charge is 2.29. The molecule has 0 aliphatic heterocycles. The highest BCUT2D eigenvalue weighted by atomic mass is 19.1. The number of likely N-dealkylation sites (N-methyl/N-ethyl adjacent to an activating group) is 1. The van der Waals surface area contributed by atoms with Gasteiger partial charge in [0.2, 0.25) is 0 Å². The van der Waals surface area contributed by atoms with Gasteiger partial charge in [0.25, 0.3) is 0 Å². The largest absolute Gasteiger partial charge is 0.326 e. The van der Waals surface area contributed by atoms with Gasteiger partial charge in [-0.3, -0.25) is 4.90 Å². The first-order valence-electron chi connectivity index (χ1n) is 6.82. The molecule has 0 saturated heterocycles. The first-order valence-corrected chi connectivity index (χ1v) is 6.82. The lowest BCUT2D eigenvalue weighted by molar-refractivity contribution is 0.156. The Morgan fingerprint density at radius 2 is 2.00 bits per heavy atom. The Morgan fingerprint density at radius 3 is 2.56 bits per heavy atom. The average Bonchev–Trinajstić information content (AvgIpc) is 2.82. The third kappa shape index (κ3) is 2.90. The summed E-state index contributed by atoms with van der Waals surface area (Å²) in [5, 5.41) is 0. The highest BCUT2D eigenvalue weighted by molar-refractivity contribution is 5.22. The van der Waals surface area contributed by atoms with E-state index in [4.69, 9.17) is 5.73 Å². The van der Waals surface area contributed by atoms with Gasteiger partial charge in [0.15, 0.2) is 0 Å². The molecule has 0 heterocycles. The minimum absolute atomic E-state index is 0.00241. The van der Waals surface area contributed by atoms with Crippen molar-refractivity contribution >= 4 is 0 Å². The molecule has 18 heavy (non-hydrogen) atoms. The third-order valence-corrected chi connectivity index (χ3v) is 4.03. The van der Waals surface area contributed by atoms with Crippen molar-refractivity contribution < 1.29 is 4.39 Å². The quantitative estimate of drug-likeness (QED) is 0.889. The second kappa shape index (κ2) is 5.81. The molecule has 2 rings (SSSR count). The Balaban J connectivity index is 2.22. The number of nitrogens with zero attached hydrogens (tertiary/aromatic N) is 1. The fourth-order valence-electron chi connectivity index (χ4n) is 3.14. The van der Waals surface area contributed by atoms with Gasteiger partial charge >= 0.3 is 0 Å². The van der Waals surface area contributed by atoms with Crippen molar-refractivity contribution in [1.82, 2.24) is 4.90 Å². The van der Waals surface area contributed by atoms with Crippen molar-refractivity contribution in [2.45, 2.75) is 50.7 Å². The summed E-state index contributed by atoms with van der Waals surface area (Å²) >= 11 is 0. The number of hydrogen-bond acceptors (Lipinski definition) is 2. The van der Waals surface area contributed by atoms with E-state index in [-0.39, 0.29) is 17.9 Å². The van der Waals surface area contributed by atoms with Gasteiger partial charge in [-0.1, -0.05) is 25.0 Å². The number of hydrogen-bond donors (Lipinski definition) is 1. The molecular formula is C15H23FN2. The van der Waals surface area contributed by atoms with Crippen molar-refractivity contribution in [3.63, 3.8) is 0 Å². The summed E-state index contributed by atoms with van der Waals surface area (Å²) < 4.78 is 13.4. The van der Waals surface area contributed by atoms with Crippen molar-refractivity contribution in [1.29, 1.82) is 0 Å². The number of halogens is 1. The van der Waals surface area contributed by atoms with E-state index >= 15 is 0 Å². The second-order valence-electron chi connectivity index (χ2n) is 5.46. The molecule has 1 aliphatic carbocycles. The maximum Gasteiger partial charge on any atom is 0.123 e. The molecule has 2 atom stereocenters. The molecular weight excluding hydrogens is 227 g/mol. The first-order chi connectivity index (χ1) is 8.59. The van der Waals surface area contributed by atoms with Crippen LogP contribution in [0.1, 0.15) is 44.2 Å². The monoisotopic (exact) mass is 250 g/mol. The van der Waals surface area contributed by atoms with Crippen LogP contribution in [0.3, 0.4) is 0 Å². The van der Waals surface area contributed by atoms with Crippen LogP contribution < -0.4 is 5.73 Å². The van der Waals surface area contributed by atoms with Crippen LogP contribution in [-0.2, 0) is 0 Å². The summed E-state index contributed by atoms with van der Waals surface area (Å²) in [6.45, 7) is 2.00. The zero-order chi connectivity index (χ0) is 13.1. The topological polar surface area (TPSA) is 29.3 Å². The van der Waals surface area contributed by atoms with Crippen LogP contribution in [0.2, 0.25) is 0 Å². The van der Waals surface area contributed by atoms with Crippen molar-refractivity contribution in [3.8, 4) is 0 Å². The molecule has 0 amide bonds. The highest BCUT2D eigenvalue weighted by Crippen LogP contribution is 2.31. The van der Waals surface area contributed by atoms with Crippen molar-refractivity contribution in [2.75, 3.05) is 7.05 Å². The second-order valence-corrected chi connectivity index (χ2v) is 5.46. The molecule has 1 aromatic rings. The zero-order valence-electron chi connectivity index (χ0n) is 11.3. The van der Waals surface area contributed by atoms with E-state index in [1.807, 2.05) is 13.0 Å². The standard InChI is InChI=1S/C15H23FN2/c1-11(17)15(12-6-5-7-13(16)10-12)18(2)14-8-3-4-9-14/h5-7,10-11,14-15H,3-4,8-9,17H2,1-2H3. The number of rotatable bonds is 4. The lowest BCUT2D eigenvalue weighted by Gasteiger charge is -2.36. The van der Waals surface area contributed by atoms with E-state index in [1.165, 1.54) is 31.7 Å². The third-order valence-electron chi connectivity index (χ3n) is 4.03. The fourth-order valence-corrected chi connectivity index (χ4v) is 3.14. The molecule has 0 radical (unpaired) electrons. The Kier molecular flexibility index (Phi) is 4.36. The summed E-state index contributed by atoms with van der Waals surface area (Å²) in [4.78, 5) is 2.34. The van der Waals surface area contributed by atoms with Crippen LogP contribution in [0.15, 0.2) is 24.3 Å². The van der Waals surface area contributed by atoms with Crippen LogP contribution in [0.25, 0.3) is 0 Å². The predicted molar refractivity (Wildman–Crippen MR) is 72.8 cm³/mol. The molecule has 1 aromatic carbocycles. The molecule has 100 valence electrons. The molecule has 1 aliphatic rings. The lowest BCUT2D eigenvalue weighted by atomic mass is 9.97. The maximum absolute atomic E-state index is 13.4. The summed E-state index contributed by atoms with van der Waals surface area (Å²) in [6, 6.07) is 7.52. The predicted octanol–water partition coefficient (Wildman–Crippen LogP) is 3.09. The van der Waals surface area contributed by atoms with Gasteiger partial charge in [-0.25, -0.2) is 4.39 Å². The van der Waals surface area contributed by atoms with E-state index in [0.717, 1.165) is 5.56 Å². The molecule has 3 heteroatoms. The van der Waals surface area contributed by atoms with Gasteiger partial charge in [0, 0.05) is 18.1 Å². The van der Waals surface area contributed by atoms with Gasteiger partial charge in [0.05, 0.1) is 0 Å². The van der Waals surface area contributed by atoms with Crippen LogP contribution in [0.4, 0.5) is 4.39 Å². The van der Waals surface area contributed by atoms with Gasteiger partial charge in [-0.2, -0.15) is 0 Å². The van der Waals surface area contributed by atoms with E-state index in [2.05, 4.69) is 11.9 Å². The normalized spacial score (nSPS) is 20.3. The Hall–Kier alpha value is -0.930. The average molecular weight is 250 g/mol. The SMILES string of the molecule is CC(N)C(c1cccc(F)c1)N(C)C1CCCC1. The molecule has 0 bridgehead atoms. The Bertz CT molecular complexity index is 386. The van der Waals surface area contributed by atoms with Gasteiger partial charge < -0.3 is 5.73 Å². The maximum atomic E-state index is 13.4. The number of nitrogens with two attached hydrogens (primary N) is 1. The Labute approximate surface area is 109 Å². The van der Waals surface area contributed by atoms with E-state index < -0.39 is 0 Å². The minimum Gasteiger partial charge on any atom is -0.326 e. The van der Waals surface area contributed by atoms with Crippen LogP contribution >= 0.6 is 0 Å². The summed E-state index contributed by atoms with van der Waals surface area (Å²) in [5.41, 5.74) is 7.11.